The number of anilines is 1. The Bertz CT molecular complexity index is 1090. The molecule has 2 unspecified atom stereocenters. The molecule has 0 saturated heterocycles. The maximum Gasteiger partial charge on any atom is 0.0737 e. The van der Waals surface area contributed by atoms with Crippen LogP contribution in [0.4, 0.5) is 5.69 Å². The van der Waals surface area contributed by atoms with E-state index in [4.69, 9.17) is 9.84 Å². The third kappa shape index (κ3) is 2.55. The molecule has 32 heavy (non-hydrogen) atoms. The number of fused-ring (bicyclic) bond motifs is 12. The van der Waals surface area contributed by atoms with E-state index in [1.165, 1.54) is 23.4 Å². The first-order valence-corrected chi connectivity index (χ1v) is 12.4. The minimum atomic E-state index is -0.0898. The average molecular weight is 425 g/mol. The van der Waals surface area contributed by atoms with E-state index < -0.39 is 0 Å². The van der Waals surface area contributed by atoms with Crippen molar-refractivity contribution < 1.29 is 4.74 Å². The highest BCUT2D eigenvalue weighted by Gasteiger charge is 2.70. The fourth-order valence-electron chi connectivity index (χ4n) is 8.17. The van der Waals surface area contributed by atoms with Crippen LogP contribution in [-0.2, 0) is 4.74 Å². The summed E-state index contributed by atoms with van der Waals surface area (Å²) in [6, 6.07) is 22.2. The molecule has 2 aromatic rings. The minimum absolute atomic E-state index is 0.0898. The summed E-state index contributed by atoms with van der Waals surface area (Å²) in [5.41, 5.74) is 3.75. The van der Waals surface area contributed by atoms with Gasteiger partial charge in [0.2, 0.25) is 0 Å². The first-order valence-electron chi connectivity index (χ1n) is 12.4. The van der Waals surface area contributed by atoms with Gasteiger partial charge in [0.15, 0.2) is 0 Å². The Balaban J connectivity index is 1.30. The van der Waals surface area contributed by atoms with Crippen molar-refractivity contribution in [3.63, 3.8) is 0 Å². The van der Waals surface area contributed by atoms with E-state index >= 15 is 0 Å². The van der Waals surface area contributed by atoms with Crippen molar-refractivity contribution in [1.82, 2.24) is 0 Å². The molecule has 7 rings (SSSR count). The maximum atomic E-state index is 6.69. The average Bonchev–Trinajstić information content (AvgIpc) is 3.57. The molecule has 0 spiro atoms. The lowest BCUT2D eigenvalue weighted by molar-refractivity contribution is -0.0814. The highest BCUT2D eigenvalue weighted by atomic mass is 16.5. The predicted octanol–water partition coefficient (Wildman–Crippen LogP) is 5.78. The van der Waals surface area contributed by atoms with E-state index in [0.717, 1.165) is 11.8 Å². The van der Waals surface area contributed by atoms with Gasteiger partial charge >= 0.3 is 0 Å². The second kappa shape index (κ2) is 6.57. The van der Waals surface area contributed by atoms with Gasteiger partial charge in [0, 0.05) is 17.8 Å². The Kier molecular flexibility index (Phi) is 3.92. The number of hydrogen-bond donors (Lipinski definition) is 0. The van der Waals surface area contributed by atoms with Crippen LogP contribution in [0.15, 0.2) is 77.9 Å². The van der Waals surface area contributed by atoms with Crippen molar-refractivity contribution >= 4 is 11.4 Å². The lowest BCUT2D eigenvalue weighted by Crippen LogP contribution is -2.46. The summed E-state index contributed by atoms with van der Waals surface area (Å²) in [6.07, 6.45) is 6.70. The Morgan fingerprint density at radius 3 is 2.12 bits per heavy atom. The molecule has 3 saturated carbocycles. The number of hydrazone groups is 1. The number of nitrogens with zero attached hydrogens (tertiary/aromatic N) is 2. The van der Waals surface area contributed by atoms with E-state index in [1.807, 2.05) is 0 Å². The monoisotopic (exact) mass is 424 g/mol. The summed E-state index contributed by atoms with van der Waals surface area (Å²) in [7, 11) is 0. The minimum Gasteiger partial charge on any atom is -0.371 e. The van der Waals surface area contributed by atoms with Crippen molar-refractivity contribution in [2.24, 2.45) is 46.5 Å². The van der Waals surface area contributed by atoms with Gasteiger partial charge in [-0.15, -0.1) is 0 Å². The molecule has 1 aliphatic heterocycles. The van der Waals surface area contributed by atoms with Crippen LogP contribution in [-0.4, -0.2) is 23.5 Å². The normalized spacial score (nSPS) is 40.7. The molecule has 3 fully saturated rings. The van der Waals surface area contributed by atoms with Crippen LogP contribution in [0.3, 0.4) is 0 Å². The van der Waals surface area contributed by atoms with Crippen LogP contribution >= 0.6 is 0 Å². The molecule has 164 valence electrons. The molecule has 0 radical (unpaired) electrons. The van der Waals surface area contributed by atoms with Crippen LogP contribution in [0.1, 0.15) is 32.8 Å². The number of rotatable bonds is 3. The van der Waals surface area contributed by atoms with Gasteiger partial charge in [-0.25, -0.2) is 0 Å². The van der Waals surface area contributed by atoms with Gasteiger partial charge in [0.25, 0.3) is 0 Å². The zero-order chi connectivity index (χ0) is 21.6. The third-order valence-corrected chi connectivity index (χ3v) is 8.84. The van der Waals surface area contributed by atoms with Crippen molar-refractivity contribution in [1.29, 1.82) is 0 Å². The van der Waals surface area contributed by atoms with Gasteiger partial charge in [-0.2, -0.15) is 5.10 Å². The zero-order valence-electron chi connectivity index (χ0n) is 19.1. The van der Waals surface area contributed by atoms with Crippen LogP contribution in [0, 0.1) is 41.4 Å². The topological polar surface area (TPSA) is 24.8 Å². The summed E-state index contributed by atoms with van der Waals surface area (Å²) in [5.74, 6) is 4.53. The highest BCUT2D eigenvalue weighted by Crippen LogP contribution is 2.69. The van der Waals surface area contributed by atoms with E-state index in [1.54, 1.807) is 0 Å². The van der Waals surface area contributed by atoms with Gasteiger partial charge in [-0.1, -0.05) is 60.7 Å². The predicted molar refractivity (Wildman–Crippen MR) is 129 cm³/mol. The molecule has 4 bridgehead atoms. The second-order valence-electron chi connectivity index (χ2n) is 11.5. The Morgan fingerprint density at radius 2 is 1.47 bits per heavy atom. The fraction of sp³-hybridized carbons (Fsp3) is 0.483. The number of ether oxygens (including phenoxy) is 1. The molecule has 3 nitrogen and oxygen atoms in total. The third-order valence-electron chi connectivity index (χ3n) is 8.84. The van der Waals surface area contributed by atoms with E-state index in [2.05, 4.69) is 98.6 Å². The van der Waals surface area contributed by atoms with Gasteiger partial charge in [0.05, 0.1) is 29.1 Å². The number of benzene rings is 2. The number of hydrogen-bond acceptors (Lipinski definition) is 3. The summed E-state index contributed by atoms with van der Waals surface area (Å²) in [4.78, 5) is 0. The van der Waals surface area contributed by atoms with Gasteiger partial charge in [0.1, 0.15) is 0 Å². The van der Waals surface area contributed by atoms with Crippen molar-refractivity contribution in [3.05, 3.63) is 78.4 Å². The maximum absolute atomic E-state index is 6.69. The van der Waals surface area contributed by atoms with Crippen molar-refractivity contribution in [3.8, 4) is 0 Å². The lowest BCUT2D eigenvalue weighted by atomic mass is 9.66. The van der Waals surface area contributed by atoms with E-state index in [-0.39, 0.29) is 5.60 Å². The summed E-state index contributed by atoms with van der Waals surface area (Å²) < 4.78 is 6.69. The molecule has 0 aromatic heterocycles. The largest absolute Gasteiger partial charge is 0.371 e. The molecule has 0 amide bonds. The summed E-state index contributed by atoms with van der Waals surface area (Å²) in [6.45, 7) is 6.63. The summed E-state index contributed by atoms with van der Waals surface area (Å²) in [5, 5.41) is 7.72. The molecule has 0 N–H and O–H groups in total. The summed E-state index contributed by atoms with van der Waals surface area (Å²) >= 11 is 0. The molecule has 4 aliphatic carbocycles. The first kappa shape index (κ1) is 19.1. The van der Waals surface area contributed by atoms with Gasteiger partial charge < -0.3 is 4.74 Å². The molecule has 5 aliphatic rings. The van der Waals surface area contributed by atoms with Crippen LogP contribution in [0.2, 0.25) is 0 Å². The molecule has 1 heterocycles. The quantitative estimate of drug-likeness (QED) is 0.461. The molecular weight excluding hydrogens is 392 g/mol. The Labute approximate surface area is 191 Å². The van der Waals surface area contributed by atoms with E-state index in [0.29, 0.717) is 41.7 Å². The molecule has 3 heteroatoms. The first-order chi connectivity index (χ1) is 15.5. The Hall–Kier alpha value is -2.39. The van der Waals surface area contributed by atoms with Crippen LogP contribution < -0.4 is 5.01 Å². The van der Waals surface area contributed by atoms with Crippen LogP contribution in [0.25, 0.3) is 0 Å². The smallest absolute Gasteiger partial charge is 0.0737 e. The van der Waals surface area contributed by atoms with E-state index in [9.17, 15) is 0 Å². The van der Waals surface area contributed by atoms with Crippen LogP contribution in [0.5, 0.6) is 0 Å². The van der Waals surface area contributed by atoms with Crippen molar-refractivity contribution in [2.75, 3.05) is 5.01 Å². The van der Waals surface area contributed by atoms with Gasteiger partial charge in [-0.05, 0) is 68.6 Å². The zero-order valence-corrected chi connectivity index (χ0v) is 19.1. The Morgan fingerprint density at radius 1 is 0.844 bits per heavy atom. The number of para-hydroxylation sites is 1. The second-order valence-corrected chi connectivity index (χ2v) is 11.5. The lowest BCUT2D eigenvalue weighted by Gasteiger charge is -2.41. The fourth-order valence-corrected chi connectivity index (χ4v) is 8.17. The SMILES string of the molecule is CC(C)(C)O[C@H]1[C@@H]2C=C[C@H]1C1C2[C@H]2C[C@@H]1[C@H]1[C@@H]2C(c2ccccc2)=NN1c1ccccc1. The van der Waals surface area contributed by atoms with Gasteiger partial charge in [-0.3, -0.25) is 5.01 Å². The molecule has 9 atom stereocenters. The van der Waals surface area contributed by atoms with Crippen molar-refractivity contribution in [2.45, 2.75) is 44.9 Å². The highest BCUT2D eigenvalue weighted by molar-refractivity contribution is 6.05. The standard InChI is InChI=1S/C29H32N2O/c1-29(2,3)32-28-19-14-15-20(28)24-22-16-21(23(19)24)25-26(17-10-6-4-7-11-17)30-31(27(22)25)18-12-8-5-9-13-18/h4-15,19-25,27-28H,16H2,1-3H3/t19-,20+,21-,22+,23?,24?,25+,27+,28+/m1/s1. The molecular formula is C29H32N2O. The molecule has 2 aromatic carbocycles.